The van der Waals surface area contributed by atoms with Gasteiger partial charge in [-0.2, -0.15) is 0 Å². The van der Waals surface area contributed by atoms with Gasteiger partial charge in [0.25, 0.3) is 17.7 Å². The van der Waals surface area contributed by atoms with Gasteiger partial charge in [-0.15, -0.1) is 0 Å². The number of imide groups is 2. The van der Waals surface area contributed by atoms with Crippen molar-refractivity contribution in [2.24, 2.45) is 5.73 Å². The lowest BCUT2D eigenvalue weighted by atomic mass is 10.0. The smallest absolute Gasteiger partial charge is 0.263 e. The third kappa shape index (κ3) is 8.92. The molecule has 11 heteroatoms. The Hall–Kier alpha value is -4.27. The van der Waals surface area contributed by atoms with E-state index in [0.29, 0.717) is 36.5 Å². The second-order valence-electron chi connectivity index (χ2n) is 12.8. The molecule has 1 unspecified atom stereocenters. The summed E-state index contributed by atoms with van der Waals surface area (Å²) < 4.78 is 11.4. The van der Waals surface area contributed by atoms with Crippen LogP contribution >= 0.6 is 0 Å². The van der Waals surface area contributed by atoms with Crippen LogP contribution in [0.3, 0.4) is 0 Å². The van der Waals surface area contributed by atoms with Gasteiger partial charge in [0.2, 0.25) is 11.8 Å². The highest BCUT2D eigenvalue weighted by Crippen LogP contribution is 2.31. The maximum absolute atomic E-state index is 13.6. The standard InChI is InChI=1S/C35H43N3O7Si/c1-46(2,3)22-21-44-24-37-30(39)19-18-29(34(37)42)38-33(41)28-17-12-14-25(31(28)35(38)43)13-9-7-5-4-6-8-10-20-45-27-16-11-15-26(23-27)32(36)40/h11-12,14-17,23,29H,4-8,10,18-22,24H2,1-3H3,(H2,36,40). The maximum atomic E-state index is 13.6. The predicted molar refractivity (Wildman–Crippen MR) is 176 cm³/mol. The fraction of sp³-hybridized carbons (Fsp3) is 0.457. The molecule has 0 radical (unpaired) electrons. The lowest BCUT2D eigenvalue weighted by molar-refractivity contribution is -0.158. The van der Waals surface area contributed by atoms with Gasteiger partial charge < -0.3 is 15.2 Å². The first-order valence-corrected chi connectivity index (χ1v) is 19.6. The lowest BCUT2D eigenvalue weighted by Crippen LogP contribution is -2.56. The summed E-state index contributed by atoms with van der Waals surface area (Å²) in [7, 11) is -1.35. The quantitative estimate of drug-likeness (QED) is 0.125. The summed E-state index contributed by atoms with van der Waals surface area (Å²) in [6, 6.07) is 11.6. The van der Waals surface area contributed by atoms with Crippen LogP contribution in [0.5, 0.6) is 5.75 Å². The molecule has 0 aromatic heterocycles. The van der Waals surface area contributed by atoms with E-state index in [4.69, 9.17) is 15.2 Å². The number of nitrogens with zero attached hydrogens (tertiary/aromatic N) is 2. The number of unbranched alkanes of at least 4 members (excludes halogenated alkanes) is 5. The molecule has 2 N–H and O–H groups in total. The van der Waals surface area contributed by atoms with Crippen LogP contribution in [0.15, 0.2) is 42.5 Å². The molecule has 46 heavy (non-hydrogen) atoms. The summed E-state index contributed by atoms with van der Waals surface area (Å²) in [5, 5.41) is 0. The molecule has 244 valence electrons. The van der Waals surface area contributed by atoms with Gasteiger partial charge in [-0.05, 0) is 55.6 Å². The number of rotatable bonds is 15. The SMILES string of the molecule is C[Si](C)(C)CCOCN1C(=O)CCC(N2C(=O)c3cccc(C#CCCCCCCCOc4cccc(C(N)=O)c4)c3C2=O)C1=O. The van der Waals surface area contributed by atoms with E-state index in [-0.39, 0.29) is 36.6 Å². The van der Waals surface area contributed by atoms with E-state index in [9.17, 15) is 24.0 Å². The van der Waals surface area contributed by atoms with Crippen molar-refractivity contribution < 1.29 is 33.4 Å². The zero-order valence-corrected chi connectivity index (χ0v) is 27.9. The summed E-state index contributed by atoms with van der Waals surface area (Å²) >= 11 is 0. The number of ether oxygens (including phenoxy) is 2. The molecule has 0 bridgehead atoms. The van der Waals surface area contributed by atoms with Crippen LogP contribution in [-0.4, -0.2) is 73.4 Å². The van der Waals surface area contributed by atoms with Crippen molar-refractivity contribution in [1.82, 2.24) is 9.80 Å². The number of likely N-dealkylation sites (tertiary alicyclic amines) is 1. The number of nitrogens with two attached hydrogens (primary N) is 1. The summed E-state index contributed by atoms with van der Waals surface area (Å²) in [5.41, 5.74) is 6.63. The summed E-state index contributed by atoms with van der Waals surface area (Å²) in [4.78, 5) is 66.1. The van der Waals surface area contributed by atoms with Gasteiger partial charge in [0, 0.05) is 38.6 Å². The fourth-order valence-corrected chi connectivity index (χ4v) is 6.11. The average Bonchev–Trinajstić information content (AvgIpc) is 3.27. The van der Waals surface area contributed by atoms with Crippen molar-refractivity contribution in [1.29, 1.82) is 0 Å². The normalized spacial score (nSPS) is 16.4. The topological polar surface area (TPSA) is 136 Å². The molecule has 1 fully saturated rings. The Labute approximate surface area is 271 Å². The van der Waals surface area contributed by atoms with Crippen molar-refractivity contribution in [3.05, 3.63) is 64.7 Å². The molecule has 0 spiro atoms. The Morgan fingerprint density at radius 2 is 1.70 bits per heavy atom. The fourth-order valence-electron chi connectivity index (χ4n) is 5.35. The number of hydrogen-bond donors (Lipinski definition) is 1. The van der Waals surface area contributed by atoms with Crippen molar-refractivity contribution in [3.63, 3.8) is 0 Å². The zero-order chi connectivity index (χ0) is 33.3. The number of fused-ring (bicyclic) bond motifs is 1. The van der Waals surface area contributed by atoms with Crippen molar-refractivity contribution in [2.45, 2.75) is 83.1 Å². The molecule has 2 aliphatic heterocycles. The Morgan fingerprint density at radius 3 is 2.46 bits per heavy atom. The van der Waals surface area contributed by atoms with E-state index in [2.05, 4.69) is 31.5 Å². The van der Waals surface area contributed by atoms with Crippen LogP contribution < -0.4 is 10.5 Å². The highest BCUT2D eigenvalue weighted by atomic mass is 28.3. The van der Waals surface area contributed by atoms with Gasteiger partial charge in [0.1, 0.15) is 18.5 Å². The van der Waals surface area contributed by atoms with Crippen molar-refractivity contribution in [3.8, 4) is 17.6 Å². The largest absolute Gasteiger partial charge is 0.494 e. The van der Waals surface area contributed by atoms with E-state index in [0.717, 1.165) is 47.9 Å². The number of carbonyl (C=O) groups excluding carboxylic acids is 5. The number of amides is 5. The molecule has 1 atom stereocenters. The molecular weight excluding hydrogens is 602 g/mol. The molecule has 0 saturated carbocycles. The van der Waals surface area contributed by atoms with Crippen LogP contribution in [0.2, 0.25) is 25.7 Å². The van der Waals surface area contributed by atoms with Crippen molar-refractivity contribution >= 4 is 37.6 Å². The summed E-state index contributed by atoms with van der Waals surface area (Å²) in [5.74, 6) is 4.30. The van der Waals surface area contributed by atoms with E-state index in [1.807, 2.05) is 0 Å². The van der Waals surface area contributed by atoms with Gasteiger partial charge in [-0.3, -0.25) is 33.8 Å². The number of piperidine rings is 1. The molecule has 2 heterocycles. The predicted octanol–water partition coefficient (Wildman–Crippen LogP) is 4.98. The lowest BCUT2D eigenvalue weighted by Gasteiger charge is -2.34. The van der Waals surface area contributed by atoms with Crippen LogP contribution in [0.25, 0.3) is 0 Å². The van der Waals surface area contributed by atoms with Gasteiger partial charge in [0.15, 0.2) is 0 Å². The van der Waals surface area contributed by atoms with Crippen LogP contribution in [0.4, 0.5) is 0 Å². The first kappa shape index (κ1) is 34.6. The first-order valence-electron chi connectivity index (χ1n) is 15.9. The molecule has 5 amide bonds. The number of primary amides is 1. The molecule has 0 aliphatic carbocycles. The van der Waals surface area contributed by atoms with E-state index in [1.165, 1.54) is 0 Å². The van der Waals surface area contributed by atoms with E-state index in [1.54, 1.807) is 42.5 Å². The van der Waals surface area contributed by atoms with Gasteiger partial charge in [-0.1, -0.05) is 62.9 Å². The van der Waals surface area contributed by atoms with Gasteiger partial charge in [0.05, 0.1) is 17.7 Å². The van der Waals surface area contributed by atoms with Gasteiger partial charge in [-0.25, -0.2) is 0 Å². The minimum Gasteiger partial charge on any atom is -0.494 e. The molecule has 2 aromatic carbocycles. The van der Waals surface area contributed by atoms with Crippen LogP contribution in [0.1, 0.15) is 88.0 Å². The van der Waals surface area contributed by atoms with Gasteiger partial charge >= 0.3 is 0 Å². The second kappa shape index (κ2) is 15.8. The number of benzene rings is 2. The van der Waals surface area contributed by atoms with Crippen LogP contribution in [-0.2, 0) is 14.3 Å². The average molecular weight is 646 g/mol. The highest BCUT2D eigenvalue weighted by Gasteiger charge is 2.47. The van der Waals surface area contributed by atoms with E-state index < -0.39 is 37.7 Å². The Balaban J connectivity index is 1.25. The maximum Gasteiger partial charge on any atom is 0.263 e. The molecule has 2 aliphatic rings. The second-order valence-corrected chi connectivity index (χ2v) is 18.5. The molecule has 10 nitrogen and oxygen atoms in total. The molecular formula is C35H43N3O7Si. The highest BCUT2D eigenvalue weighted by molar-refractivity contribution is 6.76. The Bertz CT molecular complexity index is 1540. The summed E-state index contributed by atoms with van der Waals surface area (Å²) in [6.07, 6.45) is 5.56. The monoisotopic (exact) mass is 645 g/mol. The number of carbonyl (C=O) groups is 5. The third-order valence-electron chi connectivity index (χ3n) is 8.02. The molecule has 2 aromatic rings. The molecule has 4 rings (SSSR count). The van der Waals surface area contributed by atoms with Crippen molar-refractivity contribution in [2.75, 3.05) is 19.9 Å². The minimum absolute atomic E-state index is 0.0473. The van der Waals surface area contributed by atoms with Crippen LogP contribution in [0, 0.1) is 11.8 Å². The molecule has 1 saturated heterocycles. The van der Waals surface area contributed by atoms with E-state index >= 15 is 0 Å². The third-order valence-corrected chi connectivity index (χ3v) is 9.72. The first-order chi connectivity index (χ1) is 22.0. The zero-order valence-electron chi connectivity index (χ0n) is 26.9. The number of hydrogen-bond acceptors (Lipinski definition) is 7. The Morgan fingerprint density at radius 1 is 0.957 bits per heavy atom. The Kier molecular flexibility index (Phi) is 11.9. The summed E-state index contributed by atoms with van der Waals surface area (Å²) in [6.45, 7) is 7.45. The minimum atomic E-state index is -1.35.